The first-order valence-electron chi connectivity index (χ1n) is 32.5. The topological polar surface area (TPSA) is 418 Å². The number of benzene rings is 4. The Labute approximate surface area is 631 Å². The second-order valence-corrected chi connectivity index (χ2v) is 30.0. The zero-order chi connectivity index (χ0) is 81.3. The Bertz CT molecular complexity index is 4440. The van der Waals surface area contributed by atoms with Crippen molar-refractivity contribution < 1.29 is 171 Å². The van der Waals surface area contributed by atoms with E-state index in [0.29, 0.717) is 48.6 Å². The Balaban J connectivity index is 1.13. The minimum absolute atomic E-state index is 0.371. The summed E-state index contributed by atoms with van der Waals surface area (Å²) in [7, 11) is 0. The maximum Gasteiger partial charge on any atom is 0.176 e. The molecule has 7 aromatic rings. The summed E-state index contributed by atoms with van der Waals surface area (Å²) < 4.78 is 298. The summed E-state index contributed by atoms with van der Waals surface area (Å²) in [5.74, 6) is -39.3. The molecular formula is C68H54F16N4O20S4. The molecule has 6 aliphatic heterocycles. The van der Waals surface area contributed by atoms with Gasteiger partial charge in [0.25, 0.3) is 0 Å². The lowest BCUT2D eigenvalue weighted by Crippen LogP contribution is -2.57. The standard InChI is InChI=1S/C68H54F16N4O20S4/c69-33-29(34(70)42(78)61(41(33)77)109-65-57(101)53(97)49(93)21(9-89)105-65)25-13-1-2-14(85-13)26(30-35(71)43(79)62(44(80)36(30)72)110-66-58(102)54(98)50(94)22(10-90)106-66)16-5-6-18(87-16)28(32-39(75)47(83)64(48(84)40(32)76)112-68-60(104)56(100)52(96)24(12-92)108-68)20-8-7-19(88-20)27(17-4-3-15(25)86-17)31-37(73)45(81)63(46(82)38(31)74)111-67-59(103)55(99)51(95)23(11-91)107-67/h1-8,21-24,49-60,65-68,85,88-104H,9-12H2/t21-,22-,23-,24-,49-,50-,51-,52-,53+,54+,55+,56+,57-,58-,59-,60-,65+,66+,67+,68+/m1/s1. The normalized spacial score (nSPS) is 28.8. The lowest BCUT2D eigenvalue weighted by molar-refractivity contribution is -0.205. The number of aliphatic hydroxyl groups is 16. The molecule has 602 valence electrons. The van der Waals surface area contributed by atoms with Gasteiger partial charge in [0.05, 0.1) is 91.0 Å². The van der Waals surface area contributed by atoms with Crippen LogP contribution in [0.1, 0.15) is 22.8 Å². The molecule has 0 aliphatic carbocycles. The third kappa shape index (κ3) is 14.0. The fraction of sp³-hybridized carbons (Fsp3) is 0.353. The molecule has 0 saturated carbocycles. The van der Waals surface area contributed by atoms with E-state index in [0.717, 1.165) is 0 Å². The van der Waals surface area contributed by atoms with Crippen LogP contribution >= 0.6 is 47.0 Å². The van der Waals surface area contributed by atoms with Crippen molar-refractivity contribution in [3.63, 3.8) is 0 Å². The fourth-order valence-electron chi connectivity index (χ4n) is 13.1. The van der Waals surface area contributed by atoms with Crippen molar-refractivity contribution in [3.05, 3.63) is 140 Å². The van der Waals surface area contributed by atoms with Crippen LogP contribution in [0, 0.1) is 93.1 Å². The molecule has 4 saturated heterocycles. The third-order valence-electron chi connectivity index (χ3n) is 19.0. The number of hydrogen-bond acceptors (Lipinski definition) is 26. The van der Waals surface area contributed by atoms with Gasteiger partial charge in [-0.2, -0.15) is 0 Å². The molecule has 20 atom stereocenters. The van der Waals surface area contributed by atoms with Crippen LogP contribution in [0.4, 0.5) is 70.2 Å². The molecule has 13 rings (SSSR count). The zero-order valence-electron chi connectivity index (χ0n) is 55.4. The van der Waals surface area contributed by atoms with Gasteiger partial charge in [0.2, 0.25) is 0 Å². The van der Waals surface area contributed by atoms with Crippen LogP contribution < -0.4 is 0 Å². The van der Waals surface area contributed by atoms with Gasteiger partial charge in [-0.25, -0.2) is 80.2 Å². The molecule has 0 spiro atoms. The highest BCUT2D eigenvalue weighted by molar-refractivity contribution is 8.00. The predicted octanol–water partition coefficient (Wildman–Crippen LogP) is 5.12. The Kier molecular flexibility index (Phi) is 23.9. The molecule has 0 unspecified atom stereocenters. The summed E-state index contributed by atoms with van der Waals surface area (Å²) in [6, 6.07) is 2.47. The maximum absolute atomic E-state index is 17.6. The van der Waals surface area contributed by atoms with Gasteiger partial charge in [0, 0.05) is 44.3 Å². The van der Waals surface area contributed by atoms with Gasteiger partial charge in [0.1, 0.15) is 119 Å². The summed E-state index contributed by atoms with van der Waals surface area (Å²) in [4.78, 5) is 6.27. The van der Waals surface area contributed by atoms with Crippen LogP contribution in [-0.4, -0.2) is 247 Å². The smallest absolute Gasteiger partial charge is 0.176 e. The van der Waals surface area contributed by atoms with Crippen LogP contribution in [0.15, 0.2) is 43.8 Å². The molecule has 6 aliphatic rings. The van der Waals surface area contributed by atoms with Gasteiger partial charge in [-0.05, 0) is 48.6 Å². The highest BCUT2D eigenvalue weighted by Crippen LogP contribution is 2.51. The van der Waals surface area contributed by atoms with Gasteiger partial charge in [0.15, 0.2) is 93.1 Å². The maximum atomic E-state index is 17.6. The van der Waals surface area contributed by atoms with Gasteiger partial charge in [-0.1, -0.05) is 47.0 Å². The largest absolute Gasteiger partial charge is 0.394 e. The number of ether oxygens (including phenoxy) is 4. The third-order valence-corrected chi connectivity index (χ3v) is 23.8. The number of thioether (sulfide) groups is 4. The van der Waals surface area contributed by atoms with Crippen molar-refractivity contribution in [2.75, 3.05) is 26.4 Å². The molecule has 9 heterocycles. The van der Waals surface area contributed by atoms with E-state index in [-0.39, 0.29) is 47.0 Å². The quantitative estimate of drug-likeness (QED) is 0.0441. The van der Waals surface area contributed by atoms with Crippen LogP contribution in [0.3, 0.4) is 0 Å². The van der Waals surface area contributed by atoms with E-state index in [1.807, 2.05) is 0 Å². The van der Waals surface area contributed by atoms with Gasteiger partial charge < -0.3 is 111 Å². The van der Waals surface area contributed by atoms with E-state index in [1.54, 1.807) is 0 Å². The predicted molar refractivity (Wildman–Crippen MR) is 358 cm³/mol. The van der Waals surface area contributed by atoms with E-state index < -0.39 is 348 Å². The molecule has 0 radical (unpaired) electrons. The first-order chi connectivity index (χ1) is 53.0. The molecule has 0 amide bonds. The number of nitrogens with zero attached hydrogens (tertiary/aromatic N) is 2. The van der Waals surface area contributed by atoms with Gasteiger partial charge in [-0.3, -0.25) is 0 Å². The highest BCUT2D eigenvalue weighted by Gasteiger charge is 2.50. The minimum atomic E-state index is -2.49. The molecule has 18 N–H and O–H groups in total. The summed E-state index contributed by atoms with van der Waals surface area (Å²) >= 11 is -1.48. The Morgan fingerprint density at radius 1 is 0.250 bits per heavy atom. The first kappa shape index (κ1) is 82.9. The number of hydrogen-bond donors (Lipinski definition) is 18. The van der Waals surface area contributed by atoms with E-state index in [4.69, 9.17) is 18.9 Å². The number of aromatic nitrogens is 4. The van der Waals surface area contributed by atoms with E-state index in [2.05, 4.69) is 19.9 Å². The minimum Gasteiger partial charge on any atom is -0.394 e. The SMILES string of the molecule is OC[C@H]1O[C@@H](Sc2c(F)c(F)c(-c3c4nc(c(-c5c(F)c(F)c(S[C@@H]6O[C@H](CO)[C@@H](O)[C@H](O)[C@H]6O)c(F)c5F)c5ccc([nH]5)c(-c5c(F)c(F)c(S[C@@H]6O[C@H](CO)[C@@H](O)[C@H](O)[C@H]6O)c(F)c5F)c5nc(c(-c6c(F)c(F)c(S[C@@H]7O[C@H](CO)[C@@H](O)[C@H](O)[C@H]7O)c(F)c6F)c6ccc3[nH]6)C=C5)C=C4)c(F)c2F)[C@H](O)[C@@H](O)[C@@H]1O. The fourth-order valence-corrected chi connectivity index (χ4v) is 17.6. The second-order valence-electron chi connectivity index (χ2n) is 25.6. The molecule has 8 bridgehead atoms. The van der Waals surface area contributed by atoms with Crippen molar-refractivity contribution in [2.45, 2.75) is 139 Å². The molecule has 44 heteroatoms. The van der Waals surface area contributed by atoms with Crippen LogP contribution in [0.2, 0.25) is 0 Å². The average Bonchev–Trinajstić information content (AvgIpc) is 1.48. The monoisotopic (exact) mass is 1680 g/mol. The first-order valence-corrected chi connectivity index (χ1v) is 36.1. The van der Waals surface area contributed by atoms with Crippen LogP contribution in [0.25, 0.3) is 90.9 Å². The number of aliphatic hydroxyl groups excluding tert-OH is 16. The zero-order valence-corrected chi connectivity index (χ0v) is 58.6. The number of nitrogens with one attached hydrogen (secondary N) is 2. The molecule has 4 aromatic carbocycles. The molecule has 3 aromatic heterocycles. The van der Waals surface area contributed by atoms with Crippen molar-refractivity contribution in [1.29, 1.82) is 0 Å². The summed E-state index contributed by atoms with van der Waals surface area (Å²) in [5, 5.41) is 166. The van der Waals surface area contributed by atoms with E-state index in [1.165, 1.54) is 0 Å². The summed E-state index contributed by atoms with van der Waals surface area (Å²) in [6.45, 7) is -4.55. The Hall–Kier alpha value is -7.04. The lowest BCUT2D eigenvalue weighted by Gasteiger charge is -2.39. The van der Waals surface area contributed by atoms with Crippen LogP contribution in [0.5, 0.6) is 0 Å². The molecule has 24 nitrogen and oxygen atoms in total. The number of rotatable bonds is 16. The van der Waals surface area contributed by atoms with Crippen LogP contribution in [-0.2, 0) is 18.9 Å². The summed E-state index contributed by atoms with van der Waals surface area (Å²) in [5.41, 5.74) is -30.4. The van der Waals surface area contributed by atoms with Gasteiger partial charge in [-0.15, -0.1) is 0 Å². The van der Waals surface area contributed by atoms with Gasteiger partial charge >= 0.3 is 0 Å². The van der Waals surface area contributed by atoms with Crippen molar-refractivity contribution in [1.82, 2.24) is 19.9 Å². The Morgan fingerprint density at radius 2 is 0.420 bits per heavy atom. The number of H-pyrrole nitrogens is 2. The highest BCUT2D eigenvalue weighted by atomic mass is 32.2. The number of halogens is 16. The van der Waals surface area contributed by atoms with E-state index >= 15 is 70.2 Å². The van der Waals surface area contributed by atoms with E-state index in [9.17, 15) is 81.7 Å². The molecular weight excluding hydrogens is 1620 g/mol. The van der Waals surface area contributed by atoms with Crippen molar-refractivity contribution in [2.24, 2.45) is 0 Å². The summed E-state index contributed by atoms with van der Waals surface area (Å²) in [6.07, 6.45) is -31.7. The number of aromatic amines is 2. The number of fused-ring (bicyclic) bond motifs is 8. The average molecular weight is 1680 g/mol. The lowest BCUT2D eigenvalue weighted by atomic mass is 10.0. The molecule has 4 fully saturated rings. The van der Waals surface area contributed by atoms with Crippen molar-refractivity contribution >= 4 is 93.4 Å². The molecule has 112 heavy (non-hydrogen) atoms. The Morgan fingerprint density at radius 3 is 0.580 bits per heavy atom. The second kappa shape index (κ2) is 32.2. The van der Waals surface area contributed by atoms with Crippen molar-refractivity contribution in [3.8, 4) is 44.5 Å².